The van der Waals surface area contributed by atoms with Gasteiger partial charge in [-0.2, -0.15) is 0 Å². The van der Waals surface area contributed by atoms with Crippen LogP contribution in [0.15, 0.2) is 30.3 Å². The Bertz CT molecular complexity index is 483. The average molecular weight is 296 g/mol. The second kappa shape index (κ2) is 8.08. The summed E-state index contributed by atoms with van der Waals surface area (Å²) in [7, 11) is 0. The van der Waals surface area contributed by atoms with Crippen molar-refractivity contribution in [2.75, 3.05) is 6.54 Å². The first-order chi connectivity index (χ1) is 9.38. The summed E-state index contributed by atoms with van der Waals surface area (Å²) in [6, 6.07) is 7.41. The Morgan fingerprint density at radius 3 is 2.75 bits per heavy atom. The van der Waals surface area contributed by atoms with Gasteiger partial charge in [-0.15, -0.1) is 0 Å². The van der Waals surface area contributed by atoms with E-state index >= 15 is 0 Å². The van der Waals surface area contributed by atoms with Crippen LogP contribution in [0.5, 0.6) is 0 Å². The SMILES string of the molecule is CC(=CC(=O)NCC(C)CC(C)O)c1cccc(Cl)c1. The average Bonchev–Trinajstić information content (AvgIpc) is 2.35. The number of benzene rings is 1. The molecule has 2 unspecified atom stereocenters. The second-order valence-corrected chi connectivity index (χ2v) is 5.71. The van der Waals surface area contributed by atoms with E-state index in [1.54, 1.807) is 19.1 Å². The minimum Gasteiger partial charge on any atom is -0.393 e. The Morgan fingerprint density at radius 1 is 1.45 bits per heavy atom. The summed E-state index contributed by atoms with van der Waals surface area (Å²) < 4.78 is 0. The van der Waals surface area contributed by atoms with Gasteiger partial charge in [-0.05, 0) is 49.5 Å². The van der Waals surface area contributed by atoms with E-state index in [4.69, 9.17) is 11.6 Å². The molecule has 0 saturated heterocycles. The standard InChI is InChI=1S/C16H22ClNO2/c1-11(7-13(3)19)10-18-16(20)8-12(2)14-5-4-6-15(17)9-14/h4-6,8-9,11,13,19H,7,10H2,1-3H3,(H,18,20). The lowest BCUT2D eigenvalue weighted by Crippen LogP contribution is -2.28. The Balaban J connectivity index is 2.54. The zero-order valence-corrected chi connectivity index (χ0v) is 12.9. The van der Waals surface area contributed by atoms with Gasteiger partial charge in [0.25, 0.3) is 0 Å². The van der Waals surface area contributed by atoms with Crippen LogP contribution in [0.4, 0.5) is 0 Å². The third-order valence-electron chi connectivity index (χ3n) is 3.00. The van der Waals surface area contributed by atoms with Crippen molar-refractivity contribution >= 4 is 23.1 Å². The molecule has 1 rings (SSSR count). The van der Waals surface area contributed by atoms with E-state index < -0.39 is 0 Å². The van der Waals surface area contributed by atoms with Gasteiger partial charge in [0.05, 0.1) is 6.10 Å². The molecule has 0 fully saturated rings. The Kier molecular flexibility index (Phi) is 6.76. The Morgan fingerprint density at radius 2 is 2.15 bits per heavy atom. The number of aliphatic hydroxyl groups is 1. The van der Waals surface area contributed by atoms with E-state index in [9.17, 15) is 9.90 Å². The van der Waals surface area contributed by atoms with Crippen LogP contribution in [0.2, 0.25) is 5.02 Å². The highest BCUT2D eigenvalue weighted by Gasteiger charge is 2.07. The lowest BCUT2D eigenvalue weighted by atomic mass is 10.0. The number of carbonyl (C=O) groups excluding carboxylic acids is 1. The van der Waals surface area contributed by atoms with Crippen molar-refractivity contribution in [2.24, 2.45) is 5.92 Å². The summed E-state index contributed by atoms with van der Waals surface area (Å²) >= 11 is 5.93. The fourth-order valence-corrected chi connectivity index (χ4v) is 2.20. The normalized spacial score (nSPS) is 14.8. The molecule has 1 aromatic carbocycles. The van der Waals surface area contributed by atoms with Crippen molar-refractivity contribution in [1.29, 1.82) is 0 Å². The van der Waals surface area contributed by atoms with E-state index in [2.05, 4.69) is 5.32 Å². The Hall–Kier alpha value is -1.32. The van der Waals surface area contributed by atoms with Crippen molar-refractivity contribution in [2.45, 2.75) is 33.3 Å². The number of allylic oxidation sites excluding steroid dienone is 1. The Labute approximate surface area is 125 Å². The topological polar surface area (TPSA) is 49.3 Å². The number of hydrogen-bond donors (Lipinski definition) is 2. The molecule has 20 heavy (non-hydrogen) atoms. The van der Waals surface area contributed by atoms with E-state index in [0.717, 1.165) is 11.1 Å². The number of hydrogen-bond acceptors (Lipinski definition) is 2. The smallest absolute Gasteiger partial charge is 0.244 e. The molecule has 0 radical (unpaired) electrons. The molecule has 110 valence electrons. The van der Waals surface area contributed by atoms with Gasteiger partial charge < -0.3 is 10.4 Å². The fourth-order valence-electron chi connectivity index (χ4n) is 2.01. The van der Waals surface area contributed by atoms with E-state index in [1.165, 1.54) is 0 Å². The van der Waals surface area contributed by atoms with Gasteiger partial charge in [0.2, 0.25) is 5.91 Å². The number of carbonyl (C=O) groups is 1. The first kappa shape index (κ1) is 16.7. The number of amides is 1. The van der Waals surface area contributed by atoms with Crippen LogP contribution < -0.4 is 5.32 Å². The molecular weight excluding hydrogens is 274 g/mol. The lowest BCUT2D eigenvalue weighted by molar-refractivity contribution is -0.116. The highest BCUT2D eigenvalue weighted by atomic mass is 35.5. The third-order valence-corrected chi connectivity index (χ3v) is 3.23. The quantitative estimate of drug-likeness (QED) is 0.791. The molecule has 0 aromatic heterocycles. The molecule has 0 saturated carbocycles. The van der Waals surface area contributed by atoms with E-state index in [1.807, 2.05) is 32.0 Å². The van der Waals surface area contributed by atoms with Crippen molar-refractivity contribution in [1.82, 2.24) is 5.32 Å². The monoisotopic (exact) mass is 295 g/mol. The van der Waals surface area contributed by atoms with Crippen LogP contribution in [-0.4, -0.2) is 23.7 Å². The van der Waals surface area contributed by atoms with Crippen molar-refractivity contribution in [3.05, 3.63) is 40.9 Å². The molecular formula is C16H22ClNO2. The largest absolute Gasteiger partial charge is 0.393 e. The molecule has 0 aliphatic rings. The number of aliphatic hydroxyl groups excluding tert-OH is 1. The third kappa shape index (κ3) is 6.22. The van der Waals surface area contributed by atoms with Crippen LogP contribution >= 0.6 is 11.6 Å². The van der Waals surface area contributed by atoms with E-state index in [0.29, 0.717) is 18.0 Å². The predicted octanol–water partition coefficient (Wildman–Crippen LogP) is 3.27. The molecule has 0 spiro atoms. The first-order valence-corrected chi connectivity index (χ1v) is 7.16. The number of nitrogens with one attached hydrogen (secondary N) is 1. The summed E-state index contributed by atoms with van der Waals surface area (Å²) in [5.41, 5.74) is 1.80. The molecule has 0 bridgehead atoms. The first-order valence-electron chi connectivity index (χ1n) is 6.78. The molecule has 1 amide bonds. The van der Waals surface area contributed by atoms with Crippen LogP contribution in [0.1, 0.15) is 32.8 Å². The summed E-state index contributed by atoms with van der Waals surface area (Å²) in [5.74, 6) is 0.124. The summed E-state index contributed by atoms with van der Waals surface area (Å²) in [6.45, 7) is 6.19. The molecule has 0 aliphatic heterocycles. The van der Waals surface area contributed by atoms with Crippen molar-refractivity contribution < 1.29 is 9.90 Å². The van der Waals surface area contributed by atoms with Gasteiger partial charge in [0.1, 0.15) is 0 Å². The number of halogens is 1. The van der Waals surface area contributed by atoms with Gasteiger partial charge in [-0.3, -0.25) is 4.79 Å². The lowest BCUT2D eigenvalue weighted by Gasteiger charge is -2.13. The van der Waals surface area contributed by atoms with Crippen molar-refractivity contribution in [3.8, 4) is 0 Å². The maximum Gasteiger partial charge on any atom is 0.244 e. The van der Waals surface area contributed by atoms with Gasteiger partial charge in [0, 0.05) is 17.6 Å². The molecule has 3 nitrogen and oxygen atoms in total. The molecule has 1 aromatic rings. The summed E-state index contributed by atoms with van der Waals surface area (Å²) in [6.07, 6.45) is 1.91. The minimum absolute atomic E-state index is 0.125. The van der Waals surface area contributed by atoms with Crippen LogP contribution in [0, 0.1) is 5.92 Å². The maximum absolute atomic E-state index is 11.8. The van der Waals surface area contributed by atoms with Crippen LogP contribution in [0.25, 0.3) is 5.57 Å². The van der Waals surface area contributed by atoms with E-state index in [-0.39, 0.29) is 17.9 Å². The summed E-state index contributed by atoms with van der Waals surface area (Å²) in [5, 5.41) is 12.8. The van der Waals surface area contributed by atoms with Crippen molar-refractivity contribution in [3.63, 3.8) is 0 Å². The fraction of sp³-hybridized carbons (Fsp3) is 0.438. The van der Waals surface area contributed by atoms with Gasteiger partial charge in [0.15, 0.2) is 0 Å². The predicted molar refractivity (Wildman–Crippen MR) is 83.6 cm³/mol. The highest BCUT2D eigenvalue weighted by molar-refractivity contribution is 6.30. The zero-order valence-electron chi connectivity index (χ0n) is 12.2. The highest BCUT2D eigenvalue weighted by Crippen LogP contribution is 2.18. The molecule has 2 N–H and O–H groups in total. The molecule has 4 heteroatoms. The molecule has 2 atom stereocenters. The van der Waals surface area contributed by atoms with Gasteiger partial charge in [-0.1, -0.05) is 30.7 Å². The minimum atomic E-state index is -0.342. The van der Waals surface area contributed by atoms with Gasteiger partial charge in [-0.25, -0.2) is 0 Å². The zero-order chi connectivity index (χ0) is 15.1. The summed E-state index contributed by atoms with van der Waals surface area (Å²) in [4.78, 5) is 11.8. The molecule has 0 heterocycles. The maximum atomic E-state index is 11.8. The molecule has 0 aliphatic carbocycles. The van der Waals surface area contributed by atoms with Gasteiger partial charge >= 0.3 is 0 Å². The van der Waals surface area contributed by atoms with Crippen LogP contribution in [-0.2, 0) is 4.79 Å². The second-order valence-electron chi connectivity index (χ2n) is 5.27. The van der Waals surface area contributed by atoms with Crippen LogP contribution in [0.3, 0.4) is 0 Å². The number of rotatable bonds is 6.